The Morgan fingerprint density at radius 2 is 2.12 bits per heavy atom. The first kappa shape index (κ1) is 13.0. The lowest BCUT2D eigenvalue weighted by Gasteiger charge is -2.33. The maximum absolute atomic E-state index is 4.92. The van der Waals surface area contributed by atoms with Crippen LogP contribution in [0.5, 0.6) is 0 Å². The summed E-state index contributed by atoms with van der Waals surface area (Å²) in [5.41, 5.74) is 1.41. The number of thiazole rings is 1. The predicted octanol–water partition coefficient (Wildman–Crippen LogP) is 3.50. The standard InChI is InChI=1S/C14H24N2S/c1-5-10(2)14(3,15-4)13-16-11-8-6-7-9-12(11)17-13/h10,15H,5-9H2,1-4H3. The van der Waals surface area contributed by atoms with Crippen molar-refractivity contribution in [1.82, 2.24) is 10.3 Å². The number of nitrogens with one attached hydrogen (secondary N) is 1. The molecule has 1 aromatic rings. The third kappa shape index (κ3) is 2.27. The number of hydrogen-bond acceptors (Lipinski definition) is 3. The Morgan fingerprint density at radius 3 is 2.71 bits per heavy atom. The molecule has 1 N–H and O–H groups in total. The van der Waals surface area contributed by atoms with Gasteiger partial charge in [-0.25, -0.2) is 4.98 Å². The lowest BCUT2D eigenvalue weighted by atomic mass is 9.86. The quantitative estimate of drug-likeness (QED) is 0.887. The van der Waals surface area contributed by atoms with E-state index in [4.69, 9.17) is 4.98 Å². The lowest BCUT2D eigenvalue weighted by Crippen LogP contribution is -2.42. The highest BCUT2D eigenvalue weighted by Crippen LogP contribution is 2.37. The molecule has 17 heavy (non-hydrogen) atoms. The van der Waals surface area contributed by atoms with Crippen LogP contribution in [-0.4, -0.2) is 12.0 Å². The van der Waals surface area contributed by atoms with Gasteiger partial charge in [-0.05, 0) is 45.6 Å². The van der Waals surface area contributed by atoms with Crippen molar-refractivity contribution in [2.24, 2.45) is 5.92 Å². The van der Waals surface area contributed by atoms with Crippen LogP contribution in [0.4, 0.5) is 0 Å². The van der Waals surface area contributed by atoms with Crippen LogP contribution in [0.25, 0.3) is 0 Å². The minimum atomic E-state index is 0.0384. The van der Waals surface area contributed by atoms with Crippen LogP contribution < -0.4 is 5.32 Å². The normalized spacial score (nSPS) is 20.7. The van der Waals surface area contributed by atoms with Crippen molar-refractivity contribution in [2.75, 3.05) is 7.05 Å². The van der Waals surface area contributed by atoms with Crippen LogP contribution in [0.3, 0.4) is 0 Å². The number of aromatic nitrogens is 1. The first-order valence-electron chi connectivity index (χ1n) is 6.79. The van der Waals surface area contributed by atoms with Crippen molar-refractivity contribution < 1.29 is 0 Å². The third-order valence-corrected chi connectivity index (χ3v) is 5.80. The SMILES string of the molecule is CCC(C)C(C)(NC)c1nc2c(s1)CCCC2. The lowest BCUT2D eigenvalue weighted by molar-refractivity contribution is 0.258. The molecular formula is C14H24N2S. The first-order chi connectivity index (χ1) is 8.11. The van der Waals surface area contributed by atoms with Crippen LogP contribution in [0.15, 0.2) is 0 Å². The summed E-state index contributed by atoms with van der Waals surface area (Å²) in [5, 5.41) is 4.80. The largest absolute Gasteiger partial charge is 0.308 e. The molecule has 0 aliphatic heterocycles. The fraction of sp³-hybridized carbons (Fsp3) is 0.786. The minimum Gasteiger partial charge on any atom is -0.308 e. The smallest absolute Gasteiger partial charge is 0.113 e. The van der Waals surface area contributed by atoms with Crippen molar-refractivity contribution in [3.8, 4) is 0 Å². The molecule has 0 bridgehead atoms. The number of fused-ring (bicyclic) bond motifs is 1. The molecule has 1 heterocycles. The summed E-state index contributed by atoms with van der Waals surface area (Å²) in [4.78, 5) is 6.46. The average Bonchev–Trinajstić information content (AvgIpc) is 2.80. The maximum atomic E-state index is 4.92. The van der Waals surface area contributed by atoms with Crippen molar-refractivity contribution in [1.29, 1.82) is 0 Å². The highest BCUT2D eigenvalue weighted by Gasteiger charge is 2.34. The Balaban J connectivity index is 2.34. The molecule has 2 rings (SSSR count). The molecular weight excluding hydrogens is 228 g/mol. The van der Waals surface area contributed by atoms with E-state index in [1.54, 1.807) is 0 Å². The molecule has 0 saturated carbocycles. The molecule has 0 radical (unpaired) electrons. The van der Waals surface area contributed by atoms with Gasteiger partial charge in [0.15, 0.2) is 0 Å². The van der Waals surface area contributed by atoms with Crippen molar-refractivity contribution >= 4 is 11.3 Å². The molecule has 0 spiro atoms. The summed E-state index contributed by atoms with van der Waals surface area (Å²) >= 11 is 1.94. The Labute approximate surface area is 109 Å². The van der Waals surface area contributed by atoms with E-state index in [0.717, 1.165) is 0 Å². The monoisotopic (exact) mass is 252 g/mol. The van der Waals surface area contributed by atoms with Gasteiger partial charge in [-0.3, -0.25) is 0 Å². The highest BCUT2D eigenvalue weighted by molar-refractivity contribution is 7.11. The second-order valence-electron chi connectivity index (χ2n) is 5.36. The molecule has 1 aromatic heterocycles. The third-order valence-electron chi connectivity index (χ3n) is 4.41. The summed E-state index contributed by atoms with van der Waals surface area (Å²) in [7, 11) is 2.06. The molecule has 2 nitrogen and oxygen atoms in total. The second-order valence-corrected chi connectivity index (χ2v) is 6.44. The van der Waals surface area contributed by atoms with E-state index in [1.807, 2.05) is 11.3 Å². The van der Waals surface area contributed by atoms with Gasteiger partial charge >= 0.3 is 0 Å². The van der Waals surface area contributed by atoms with E-state index in [2.05, 4.69) is 33.1 Å². The Hall–Kier alpha value is -0.410. The molecule has 2 atom stereocenters. The molecule has 3 heteroatoms. The van der Waals surface area contributed by atoms with Crippen LogP contribution in [0.1, 0.15) is 55.6 Å². The van der Waals surface area contributed by atoms with Gasteiger partial charge in [-0.15, -0.1) is 11.3 Å². The minimum absolute atomic E-state index is 0.0384. The van der Waals surface area contributed by atoms with Gasteiger partial charge in [0.05, 0.1) is 11.2 Å². The molecule has 2 unspecified atom stereocenters. The Morgan fingerprint density at radius 1 is 1.41 bits per heavy atom. The van der Waals surface area contributed by atoms with Gasteiger partial charge in [0, 0.05) is 4.88 Å². The summed E-state index contributed by atoms with van der Waals surface area (Å²) in [5.74, 6) is 0.611. The molecule has 1 aliphatic carbocycles. The summed E-state index contributed by atoms with van der Waals surface area (Å²) in [6.45, 7) is 6.87. The predicted molar refractivity (Wildman–Crippen MR) is 74.6 cm³/mol. The van der Waals surface area contributed by atoms with Gasteiger partial charge in [-0.2, -0.15) is 0 Å². The van der Waals surface area contributed by atoms with Crippen molar-refractivity contribution in [3.05, 3.63) is 15.6 Å². The van der Waals surface area contributed by atoms with Gasteiger partial charge in [0.1, 0.15) is 5.01 Å². The number of nitrogens with zero attached hydrogens (tertiary/aromatic N) is 1. The van der Waals surface area contributed by atoms with E-state index in [9.17, 15) is 0 Å². The molecule has 0 fully saturated rings. The van der Waals surface area contributed by atoms with Gasteiger partial charge in [0.2, 0.25) is 0 Å². The highest BCUT2D eigenvalue weighted by atomic mass is 32.1. The zero-order chi connectivity index (χ0) is 12.5. The molecule has 0 aromatic carbocycles. The molecule has 96 valence electrons. The zero-order valence-corrected chi connectivity index (χ0v) is 12.3. The van der Waals surface area contributed by atoms with Crippen molar-refractivity contribution in [2.45, 2.75) is 58.4 Å². The van der Waals surface area contributed by atoms with Crippen LogP contribution in [0.2, 0.25) is 0 Å². The summed E-state index contributed by atoms with van der Waals surface area (Å²) < 4.78 is 0. The van der Waals surface area contributed by atoms with E-state index >= 15 is 0 Å². The topological polar surface area (TPSA) is 24.9 Å². The van der Waals surface area contributed by atoms with Crippen LogP contribution in [0, 0.1) is 5.92 Å². The molecule has 0 amide bonds. The molecule has 0 saturated heterocycles. The van der Waals surface area contributed by atoms with Crippen molar-refractivity contribution in [3.63, 3.8) is 0 Å². The maximum Gasteiger partial charge on any atom is 0.113 e. The van der Waals surface area contributed by atoms with Gasteiger partial charge in [0.25, 0.3) is 0 Å². The summed E-state index contributed by atoms with van der Waals surface area (Å²) in [6.07, 6.45) is 6.27. The summed E-state index contributed by atoms with van der Waals surface area (Å²) in [6, 6.07) is 0. The zero-order valence-electron chi connectivity index (χ0n) is 11.5. The van der Waals surface area contributed by atoms with E-state index in [-0.39, 0.29) is 5.54 Å². The number of rotatable bonds is 4. The van der Waals surface area contributed by atoms with Crippen LogP contribution >= 0.6 is 11.3 Å². The van der Waals surface area contributed by atoms with E-state index in [0.29, 0.717) is 5.92 Å². The second kappa shape index (κ2) is 5.07. The Bertz CT molecular complexity index is 362. The number of aryl methyl sites for hydroxylation is 2. The number of hydrogen-bond donors (Lipinski definition) is 1. The fourth-order valence-corrected chi connectivity index (χ4v) is 3.96. The molecule has 1 aliphatic rings. The van der Waals surface area contributed by atoms with E-state index < -0.39 is 0 Å². The average molecular weight is 252 g/mol. The van der Waals surface area contributed by atoms with Gasteiger partial charge in [-0.1, -0.05) is 20.3 Å². The van der Waals surface area contributed by atoms with Crippen LogP contribution in [-0.2, 0) is 18.4 Å². The first-order valence-corrected chi connectivity index (χ1v) is 7.61. The fourth-order valence-electron chi connectivity index (χ4n) is 2.55. The Kier molecular flexibility index (Phi) is 3.88. The van der Waals surface area contributed by atoms with Gasteiger partial charge < -0.3 is 5.32 Å². The van der Waals surface area contributed by atoms with E-state index in [1.165, 1.54) is 47.7 Å².